The first-order valence-electron chi connectivity index (χ1n) is 6.17. The number of hydrogen-bond acceptors (Lipinski definition) is 4. The van der Waals surface area contributed by atoms with Crippen molar-refractivity contribution < 1.29 is 14.8 Å². The first kappa shape index (κ1) is 14.6. The molecule has 20 heavy (non-hydrogen) atoms. The molecule has 6 nitrogen and oxygen atoms in total. The van der Waals surface area contributed by atoms with Crippen molar-refractivity contribution in [2.45, 2.75) is 20.3 Å². The highest BCUT2D eigenvalue weighted by Gasteiger charge is 2.41. The molecular weight excluding hydrogens is 284 g/mol. The molecule has 1 saturated heterocycles. The number of carboxylic acid groups (broad SMARTS) is 1. The molecule has 0 spiro atoms. The summed E-state index contributed by atoms with van der Waals surface area (Å²) in [7, 11) is 0. The maximum absolute atomic E-state index is 11.3. The number of nitro groups is 1. The van der Waals surface area contributed by atoms with Gasteiger partial charge in [-0.1, -0.05) is 11.6 Å². The number of nitrogens with zero attached hydrogens (tertiary/aromatic N) is 2. The summed E-state index contributed by atoms with van der Waals surface area (Å²) in [6.07, 6.45) is 0.538. The maximum atomic E-state index is 11.3. The van der Waals surface area contributed by atoms with Gasteiger partial charge in [0.25, 0.3) is 5.69 Å². The van der Waals surface area contributed by atoms with E-state index in [1.54, 1.807) is 19.9 Å². The number of halogens is 1. The van der Waals surface area contributed by atoms with Gasteiger partial charge < -0.3 is 10.0 Å². The van der Waals surface area contributed by atoms with Crippen LogP contribution in [0.5, 0.6) is 0 Å². The fourth-order valence-corrected chi connectivity index (χ4v) is 2.70. The topological polar surface area (TPSA) is 83.7 Å². The zero-order valence-corrected chi connectivity index (χ0v) is 12.0. The maximum Gasteiger partial charge on any atom is 0.311 e. The fourth-order valence-electron chi connectivity index (χ4n) is 2.48. The summed E-state index contributed by atoms with van der Waals surface area (Å²) in [4.78, 5) is 23.5. The monoisotopic (exact) mass is 298 g/mol. The normalized spacial score (nSPS) is 22.1. The van der Waals surface area contributed by atoms with Gasteiger partial charge in [0, 0.05) is 24.8 Å². The molecule has 1 atom stereocenters. The average Bonchev–Trinajstić information content (AvgIpc) is 2.75. The summed E-state index contributed by atoms with van der Waals surface area (Å²) < 4.78 is 0. The second-order valence-corrected chi connectivity index (χ2v) is 5.79. The smallest absolute Gasteiger partial charge is 0.311 e. The van der Waals surface area contributed by atoms with Crippen molar-refractivity contribution in [3.63, 3.8) is 0 Å². The van der Waals surface area contributed by atoms with Crippen molar-refractivity contribution in [1.29, 1.82) is 0 Å². The van der Waals surface area contributed by atoms with Gasteiger partial charge in [-0.05, 0) is 31.9 Å². The van der Waals surface area contributed by atoms with Crippen LogP contribution in [0, 0.1) is 22.5 Å². The third kappa shape index (κ3) is 2.43. The number of nitro benzene ring substituents is 1. The number of hydrogen-bond donors (Lipinski definition) is 1. The molecule has 2 rings (SSSR count). The van der Waals surface area contributed by atoms with E-state index >= 15 is 0 Å². The summed E-state index contributed by atoms with van der Waals surface area (Å²) in [5.74, 6) is -0.828. The Kier molecular flexibility index (Phi) is 3.60. The van der Waals surface area contributed by atoms with Crippen molar-refractivity contribution in [2.75, 3.05) is 18.0 Å². The number of carboxylic acids is 1. The van der Waals surface area contributed by atoms with E-state index in [0.717, 1.165) is 11.3 Å². The van der Waals surface area contributed by atoms with Crippen molar-refractivity contribution in [1.82, 2.24) is 0 Å². The highest BCUT2D eigenvalue weighted by Crippen LogP contribution is 2.38. The Balaban J connectivity index is 2.34. The SMILES string of the molecule is Cc1cc([N+](=O)[O-])c(Cl)cc1N1CCC(C)(C(=O)O)C1. The van der Waals surface area contributed by atoms with E-state index in [-0.39, 0.29) is 10.7 Å². The number of carbonyl (C=O) groups is 1. The van der Waals surface area contributed by atoms with E-state index in [1.807, 2.05) is 4.90 Å². The second-order valence-electron chi connectivity index (χ2n) is 5.38. The minimum Gasteiger partial charge on any atom is -0.481 e. The van der Waals surface area contributed by atoms with Crippen LogP contribution in [-0.4, -0.2) is 29.1 Å². The van der Waals surface area contributed by atoms with Gasteiger partial charge in [0.15, 0.2) is 0 Å². The molecule has 1 aromatic rings. The number of rotatable bonds is 3. The van der Waals surface area contributed by atoms with Crippen LogP contribution in [-0.2, 0) is 4.79 Å². The minimum atomic E-state index is -0.828. The summed E-state index contributed by atoms with van der Waals surface area (Å²) in [6.45, 7) is 4.43. The van der Waals surface area contributed by atoms with E-state index in [1.165, 1.54) is 6.07 Å². The van der Waals surface area contributed by atoms with E-state index in [2.05, 4.69) is 0 Å². The Morgan fingerprint density at radius 2 is 2.20 bits per heavy atom. The zero-order chi connectivity index (χ0) is 15.1. The first-order valence-corrected chi connectivity index (χ1v) is 6.55. The van der Waals surface area contributed by atoms with Gasteiger partial charge >= 0.3 is 5.97 Å². The zero-order valence-electron chi connectivity index (χ0n) is 11.2. The lowest BCUT2D eigenvalue weighted by Crippen LogP contribution is -2.31. The molecule has 1 heterocycles. The standard InChI is InChI=1S/C13H15ClN2O4/c1-8-5-11(16(19)20)9(14)6-10(8)15-4-3-13(2,7-15)12(17)18/h5-6H,3-4,7H2,1-2H3,(H,17,18). The predicted molar refractivity (Wildman–Crippen MR) is 75.4 cm³/mol. The lowest BCUT2D eigenvalue weighted by atomic mass is 9.90. The van der Waals surface area contributed by atoms with E-state index < -0.39 is 16.3 Å². The third-order valence-electron chi connectivity index (χ3n) is 3.79. The van der Waals surface area contributed by atoms with E-state index in [0.29, 0.717) is 19.5 Å². The van der Waals surface area contributed by atoms with Crippen molar-refractivity contribution in [3.8, 4) is 0 Å². The van der Waals surface area contributed by atoms with Gasteiger partial charge in [-0.2, -0.15) is 0 Å². The molecule has 108 valence electrons. The number of aliphatic carboxylic acids is 1. The van der Waals surface area contributed by atoms with E-state index in [9.17, 15) is 20.0 Å². The number of aryl methyl sites for hydroxylation is 1. The third-order valence-corrected chi connectivity index (χ3v) is 4.10. The molecule has 0 radical (unpaired) electrons. The highest BCUT2D eigenvalue weighted by molar-refractivity contribution is 6.33. The Morgan fingerprint density at radius 3 is 2.70 bits per heavy atom. The molecule has 0 bridgehead atoms. The predicted octanol–water partition coefficient (Wildman–Crippen LogP) is 2.86. The van der Waals surface area contributed by atoms with Crippen LogP contribution in [0.25, 0.3) is 0 Å². The van der Waals surface area contributed by atoms with Crippen LogP contribution >= 0.6 is 11.6 Å². The summed E-state index contributed by atoms with van der Waals surface area (Å²) in [6, 6.07) is 2.97. The van der Waals surface area contributed by atoms with Crippen LogP contribution < -0.4 is 4.90 Å². The molecule has 1 aliphatic rings. The first-order chi connectivity index (χ1) is 9.24. The van der Waals surface area contributed by atoms with Crippen LogP contribution in [0.1, 0.15) is 18.9 Å². The lowest BCUT2D eigenvalue weighted by Gasteiger charge is -2.23. The lowest BCUT2D eigenvalue weighted by molar-refractivity contribution is -0.384. The molecule has 1 N–H and O–H groups in total. The van der Waals surface area contributed by atoms with Gasteiger partial charge in [0.05, 0.1) is 10.3 Å². The molecule has 0 aliphatic carbocycles. The van der Waals surface area contributed by atoms with Crippen LogP contribution in [0.4, 0.5) is 11.4 Å². The van der Waals surface area contributed by atoms with Gasteiger partial charge in [-0.25, -0.2) is 0 Å². The molecule has 0 amide bonds. The molecule has 1 aliphatic heterocycles. The van der Waals surface area contributed by atoms with Crippen LogP contribution in [0.2, 0.25) is 5.02 Å². The van der Waals surface area contributed by atoms with Gasteiger partial charge in [-0.15, -0.1) is 0 Å². The summed E-state index contributed by atoms with van der Waals surface area (Å²) in [5, 5.41) is 20.1. The second kappa shape index (κ2) is 4.94. The molecule has 0 aromatic heterocycles. The fraction of sp³-hybridized carbons (Fsp3) is 0.462. The summed E-state index contributed by atoms with van der Waals surface area (Å²) >= 11 is 5.92. The van der Waals surface area contributed by atoms with Crippen LogP contribution in [0.15, 0.2) is 12.1 Å². The quantitative estimate of drug-likeness (QED) is 0.685. The Morgan fingerprint density at radius 1 is 1.55 bits per heavy atom. The molecule has 0 saturated carbocycles. The number of anilines is 1. The largest absolute Gasteiger partial charge is 0.481 e. The molecule has 1 fully saturated rings. The highest BCUT2D eigenvalue weighted by atomic mass is 35.5. The van der Waals surface area contributed by atoms with Crippen molar-refractivity contribution in [2.24, 2.45) is 5.41 Å². The Labute approximate surface area is 121 Å². The Hall–Kier alpha value is -1.82. The van der Waals surface area contributed by atoms with Gasteiger partial charge in [-0.3, -0.25) is 14.9 Å². The molecule has 1 unspecified atom stereocenters. The molecule has 1 aromatic carbocycles. The molecule has 7 heteroatoms. The minimum absolute atomic E-state index is 0.0690. The summed E-state index contributed by atoms with van der Waals surface area (Å²) in [5.41, 5.74) is 0.551. The Bertz CT molecular complexity index is 590. The van der Waals surface area contributed by atoms with Crippen molar-refractivity contribution >= 4 is 28.9 Å². The van der Waals surface area contributed by atoms with Gasteiger partial charge in [0.2, 0.25) is 0 Å². The average molecular weight is 299 g/mol. The van der Waals surface area contributed by atoms with Crippen LogP contribution in [0.3, 0.4) is 0 Å². The van der Waals surface area contributed by atoms with E-state index in [4.69, 9.17) is 11.6 Å². The molecular formula is C13H15ClN2O4. The number of benzene rings is 1. The van der Waals surface area contributed by atoms with Gasteiger partial charge in [0.1, 0.15) is 5.02 Å². The van der Waals surface area contributed by atoms with Crippen molar-refractivity contribution in [3.05, 3.63) is 32.8 Å².